The summed E-state index contributed by atoms with van der Waals surface area (Å²) >= 11 is 0. The van der Waals surface area contributed by atoms with Gasteiger partial charge in [-0.15, -0.1) is 0 Å². The topological polar surface area (TPSA) is 45.2 Å². The summed E-state index contributed by atoms with van der Waals surface area (Å²) in [7, 11) is 0. The Morgan fingerprint density at radius 1 is 1.25 bits per heavy atom. The van der Waals surface area contributed by atoms with Crippen molar-refractivity contribution in [3.05, 3.63) is 42.6 Å². The number of amides is 1. The van der Waals surface area contributed by atoms with Crippen LogP contribution >= 0.6 is 0 Å². The first kappa shape index (κ1) is 14.3. The standard InChI is InChI=1S/C16H21N3O/c1-2-3-5-8-16(20)18-15-10-9-14(13-17-15)19-11-6-4-7-12-19/h2-3,5,8-10,13H,4,6-7,11-12H2,1H3,(H,17,18,20). The van der Waals surface area contributed by atoms with Crippen LogP contribution in [0.5, 0.6) is 0 Å². The Morgan fingerprint density at radius 3 is 2.70 bits per heavy atom. The SMILES string of the molecule is CC=CC=CC(=O)Nc1ccc(N2CCCCC2)cn1. The van der Waals surface area contributed by atoms with Gasteiger partial charge in [-0.1, -0.05) is 18.2 Å². The van der Waals surface area contributed by atoms with E-state index in [0.717, 1.165) is 18.8 Å². The average Bonchev–Trinajstić information content (AvgIpc) is 2.49. The highest BCUT2D eigenvalue weighted by Gasteiger charge is 2.11. The number of rotatable bonds is 4. The minimum Gasteiger partial charge on any atom is -0.370 e. The van der Waals surface area contributed by atoms with E-state index in [2.05, 4.69) is 15.2 Å². The molecule has 1 aromatic heterocycles. The van der Waals surface area contributed by atoms with Gasteiger partial charge in [0.05, 0.1) is 11.9 Å². The summed E-state index contributed by atoms with van der Waals surface area (Å²) in [6, 6.07) is 3.87. The first-order chi connectivity index (χ1) is 9.79. The van der Waals surface area contributed by atoms with E-state index < -0.39 is 0 Å². The number of aromatic nitrogens is 1. The van der Waals surface area contributed by atoms with Crippen molar-refractivity contribution in [2.75, 3.05) is 23.3 Å². The first-order valence-corrected chi connectivity index (χ1v) is 7.11. The van der Waals surface area contributed by atoms with E-state index in [1.54, 1.807) is 6.08 Å². The number of piperidine rings is 1. The molecule has 1 aliphatic rings. The third-order valence-electron chi connectivity index (χ3n) is 3.27. The molecule has 0 unspecified atom stereocenters. The Kier molecular flexibility index (Phi) is 5.35. The molecule has 0 saturated carbocycles. The second-order valence-electron chi connectivity index (χ2n) is 4.82. The van der Waals surface area contributed by atoms with Gasteiger partial charge in [-0.2, -0.15) is 0 Å². The van der Waals surface area contributed by atoms with Crippen molar-refractivity contribution in [1.82, 2.24) is 4.98 Å². The summed E-state index contributed by atoms with van der Waals surface area (Å²) in [5.74, 6) is 0.419. The van der Waals surface area contributed by atoms with E-state index in [1.165, 1.54) is 25.3 Å². The number of hydrogen-bond acceptors (Lipinski definition) is 3. The lowest BCUT2D eigenvalue weighted by Crippen LogP contribution is -2.29. The molecular weight excluding hydrogens is 250 g/mol. The molecule has 4 heteroatoms. The molecule has 1 saturated heterocycles. The second-order valence-corrected chi connectivity index (χ2v) is 4.82. The molecule has 0 aliphatic carbocycles. The summed E-state index contributed by atoms with van der Waals surface area (Å²) in [4.78, 5) is 18.2. The Hall–Kier alpha value is -2.10. The molecule has 1 aromatic rings. The number of pyridine rings is 1. The van der Waals surface area contributed by atoms with Gasteiger partial charge in [0.15, 0.2) is 0 Å². The maximum Gasteiger partial charge on any atom is 0.249 e. The van der Waals surface area contributed by atoms with E-state index in [1.807, 2.05) is 37.4 Å². The molecule has 1 fully saturated rings. The zero-order chi connectivity index (χ0) is 14.2. The van der Waals surface area contributed by atoms with Crippen LogP contribution < -0.4 is 10.2 Å². The Bertz CT molecular complexity index is 485. The Balaban J connectivity index is 1.92. The quantitative estimate of drug-likeness (QED) is 0.676. The van der Waals surface area contributed by atoms with Crippen LogP contribution in [-0.4, -0.2) is 24.0 Å². The number of carbonyl (C=O) groups excluding carboxylic acids is 1. The van der Waals surface area contributed by atoms with Crippen molar-refractivity contribution in [2.45, 2.75) is 26.2 Å². The third kappa shape index (κ3) is 4.23. The molecule has 4 nitrogen and oxygen atoms in total. The molecule has 0 bridgehead atoms. The van der Waals surface area contributed by atoms with Crippen LogP contribution in [0.2, 0.25) is 0 Å². The minimum atomic E-state index is -0.165. The molecule has 1 N–H and O–H groups in total. The third-order valence-corrected chi connectivity index (χ3v) is 3.27. The van der Waals surface area contributed by atoms with Gasteiger partial charge in [0.25, 0.3) is 0 Å². The van der Waals surface area contributed by atoms with Crippen LogP contribution in [0.1, 0.15) is 26.2 Å². The monoisotopic (exact) mass is 271 g/mol. The van der Waals surface area contributed by atoms with E-state index >= 15 is 0 Å². The van der Waals surface area contributed by atoms with Gasteiger partial charge < -0.3 is 10.2 Å². The smallest absolute Gasteiger partial charge is 0.249 e. The minimum absolute atomic E-state index is 0.165. The van der Waals surface area contributed by atoms with Crippen LogP contribution in [0.4, 0.5) is 11.5 Å². The van der Waals surface area contributed by atoms with Gasteiger partial charge >= 0.3 is 0 Å². The zero-order valence-corrected chi connectivity index (χ0v) is 11.9. The fourth-order valence-corrected chi connectivity index (χ4v) is 2.22. The molecule has 1 amide bonds. The van der Waals surface area contributed by atoms with Gasteiger partial charge in [-0.25, -0.2) is 4.98 Å². The van der Waals surface area contributed by atoms with Gasteiger partial charge in [-0.3, -0.25) is 4.79 Å². The van der Waals surface area contributed by atoms with Crippen molar-refractivity contribution < 1.29 is 4.79 Å². The molecule has 0 radical (unpaired) electrons. The molecular formula is C16H21N3O. The lowest BCUT2D eigenvalue weighted by molar-refractivity contribution is -0.111. The van der Waals surface area contributed by atoms with E-state index in [-0.39, 0.29) is 5.91 Å². The van der Waals surface area contributed by atoms with Gasteiger partial charge in [-0.05, 0) is 38.3 Å². The number of carbonyl (C=O) groups is 1. The number of nitrogens with one attached hydrogen (secondary N) is 1. The summed E-state index contributed by atoms with van der Waals surface area (Å²) < 4.78 is 0. The number of allylic oxidation sites excluding steroid dienone is 3. The molecule has 2 rings (SSSR count). The molecule has 1 aliphatic heterocycles. The van der Waals surface area contributed by atoms with Crippen molar-refractivity contribution in [1.29, 1.82) is 0 Å². The number of nitrogens with zero attached hydrogens (tertiary/aromatic N) is 2. The number of hydrogen-bond donors (Lipinski definition) is 1. The van der Waals surface area contributed by atoms with Crippen LogP contribution in [0.15, 0.2) is 42.6 Å². The summed E-state index contributed by atoms with van der Waals surface area (Å²) in [5, 5.41) is 2.74. The van der Waals surface area contributed by atoms with E-state index in [9.17, 15) is 4.79 Å². The maximum absolute atomic E-state index is 11.6. The summed E-state index contributed by atoms with van der Waals surface area (Å²) in [6.07, 6.45) is 12.5. The molecule has 2 heterocycles. The van der Waals surface area contributed by atoms with Gasteiger partial charge in [0, 0.05) is 19.2 Å². The van der Waals surface area contributed by atoms with Crippen LogP contribution in [-0.2, 0) is 4.79 Å². The van der Waals surface area contributed by atoms with Gasteiger partial charge in [0.2, 0.25) is 5.91 Å². The maximum atomic E-state index is 11.6. The second kappa shape index (κ2) is 7.48. The Labute approximate surface area is 120 Å². The van der Waals surface area contributed by atoms with Crippen molar-refractivity contribution in [2.24, 2.45) is 0 Å². The number of anilines is 2. The normalized spacial score (nSPS) is 15.9. The molecule has 106 valence electrons. The highest BCUT2D eigenvalue weighted by atomic mass is 16.1. The molecule has 20 heavy (non-hydrogen) atoms. The van der Waals surface area contributed by atoms with Crippen molar-refractivity contribution in [3.8, 4) is 0 Å². The predicted octanol–water partition coefficient (Wildman–Crippen LogP) is 3.14. The van der Waals surface area contributed by atoms with E-state index in [4.69, 9.17) is 0 Å². The lowest BCUT2D eigenvalue weighted by Gasteiger charge is -2.28. The van der Waals surface area contributed by atoms with Crippen molar-refractivity contribution >= 4 is 17.4 Å². The average molecular weight is 271 g/mol. The van der Waals surface area contributed by atoms with Crippen LogP contribution in [0.3, 0.4) is 0 Å². The summed E-state index contributed by atoms with van der Waals surface area (Å²) in [5.41, 5.74) is 1.13. The van der Waals surface area contributed by atoms with E-state index in [0.29, 0.717) is 5.82 Å². The van der Waals surface area contributed by atoms with Crippen LogP contribution in [0.25, 0.3) is 0 Å². The zero-order valence-electron chi connectivity index (χ0n) is 11.9. The highest BCUT2D eigenvalue weighted by molar-refractivity contribution is 5.98. The fraction of sp³-hybridized carbons (Fsp3) is 0.375. The summed E-state index contributed by atoms with van der Waals surface area (Å²) in [6.45, 7) is 4.10. The predicted molar refractivity (Wildman–Crippen MR) is 82.9 cm³/mol. The largest absolute Gasteiger partial charge is 0.370 e. The molecule has 0 atom stereocenters. The fourth-order valence-electron chi connectivity index (χ4n) is 2.22. The molecule has 0 aromatic carbocycles. The Morgan fingerprint density at radius 2 is 2.05 bits per heavy atom. The highest BCUT2D eigenvalue weighted by Crippen LogP contribution is 2.19. The molecule has 0 spiro atoms. The first-order valence-electron chi connectivity index (χ1n) is 7.11. The van der Waals surface area contributed by atoms with Crippen LogP contribution in [0, 0.1) is 0 Å². The van der Waals surface area contributed by atoms with Crippen molar-refractivity contribution in [3.63, 3.8) is 0 Å². The lowest BCUT2D eigenvalue weighted by atomic mass is 10.1. The van der Waals surface area contributed by atoms with Gasteiger partial charge in [0.1, 0.15) is 5.82 Å².